The topological polar surface area (TPSA) is 108 Å². The molecule has 3 amide bonds. The van der Waals surface area contributed by atoms with E-state index in [9.17, 15) is 19.2 Å². The number of halogens is 3. The van der Waals surface area contributed by atoms with Gasteiger partial charge in [-0.2, -0.15) is 0 Å². The molecular formula is C51H71Cl3N4O4. The molecule has 0 spiro atoms. The third kappa shape index (κ3) is 17.9. The van der Waals surface area contributed by atoms with Gasteiger partial charge in [-0.3, -0.25) is 30.0 Å². The van der Waals surface area contributed by atoms with E-state index >= 15 is 0 Å². The number of carbonyl (C=O) groups is 4. The number of alkyl halides is 2. The summed E-state index contributed by atoms with van der Waals surface area (Å²) in [6, 6.07) is 22.9. The second-order valence-corrected chi connectivity index (χ2v) is 19.1. The number of hydrogen-bond donors (Lipinski definition) is 3. The van der Waals surface area contributed by atoms with Gasteiger partial charge in [-0.25, -0.2) is 10.4 Å². The first-order valence-electron chi connectivity index (χ1n) is 21.0. The predicted octanol–water partition coefficient (Wildman–Crippen LogP) is 13.0. The number of benzene rings is 4. The fraction of sp³-hybridized carbons (Fsp3) is 0.451. The van der Waals surface area contributed by atoms with E-state index in [0.717, 1.165) is 62.9 Å². The van der Waals surface area contributed by atoms with Crippen molar-refractivity contribution in [2.75, 3.05) is 5.34 Å². The van der Waals surface area contributed by atoms with Crippen LogP contribution in [0.3, 0.4) is 0 Å². The van der Waals surface area contributed by atoms with Gasteiger partial charge in [-0.05, 0) is 149 Å². The van der Waals surface area contributed by atoms with E-state index in [0.29, 0.717) is 16.7 Å². The van der Waals surface area contributed by atoms with Crippen molar-refractivity contribution in [2.24, 2.45) is 10.8 Å². The first-order chi connectivity index (χ1) is 28.7. The maximum Gasteiger partial charge on any atom is 0.272 e. The van der Waals surface area contributed by atoms with Crippen LogP contribution in [-0.2, 0) is 0 Å². The monoisotopic (exact) mass is 908 g/mol. The van der Waals surface area contributed by atoms with Gasteiger partial charge in [0.15, 0.2) is 0 Å². The molecule has 0 saturated carbocycles. The average molecular weight is 911 g/mol. The summed E-state index contributed by atoms with van der Waals surface area (Å²) in [6.45, 7) is 32.7. The van der Waals surface area contributed by atoms with Gasteiger partial charge < -0.3 is 0 Å². The molecule has 0 aliphatic heterocycles. The molecule has 0 saturated heterocycles. The van der Waals surface area contributed by atoms with Gasteiger partial charge in [0.05, 0.1) is 11.4 Å². The summed E-state index contributed by atoms with van der Waals surface area (Å²) in [7, 11) is 0. The fourth-order valence-corrected chi connectivity index (χ4v) is 7.20. The Morgan fingerprint density at radius 3 is 1.35 bits per heavy atom. The molecule has 2 unspecified atom stereocenters. The highest BCUT2D eigenvalue weighted by molar-refractivity contribution is 6.67. The lowest BCUT2D eigenvalue weighted by molar-refractivity contribution is 0.0284. The zero-order valence-electron chi connectivity index (χ0n) is 39.9. The Kier molecular flexibility index (Phi) is 23.2. The quantitative estimate of drug-likeness (QED) is 0.0881. The lowest BCUT2D eigenvalue weighted by atomic mass is 9.84. The highest BCUT2D eigenvalue weighted by atomic mass is 35.5. The van der Waals surface area contributed by atoms with Crippen LogP contribution >= 0.6 is 34.8 Å². The van der Waals surface area contributed by atoms with Crippen molar-refractivity contribution in [2.45, 2.75) is 136 Å². The molecule has 2 atom stereocenters. The third-order valence-electron chi connectivity index (χ3n) is 10.6. The molecule has 0 aromatic heterocycles. The molecule has 4 rings (SSSR count). The maximum atomic E-state index is 13.5. The number of carbonyl (C=O) groups excluding carboxylic acids is 4. The Labute approximate surface area is 387 Å². The van der Waals surface area contributed by atoms with E-state index in [1.54, 1.807) is 18.2 Å². The van der Waals surface area contributed by atoms with Crippen molar-refractivity contribution in [1.82, 2.24) is 21.3 Å². The minimum absolute atomic E-state index is 0.0658. The van der Waals surface area contributed by atoms with Crippen LogP contribution in [-0.4, -0.2) is 45.4 Å². The van der Waals surface area contributed by atoms with Crippen molar-refractivity contribution in [3.8, 4) is 0 Å². The van der Waals surface area contributed by atoms with Crippen LogP contribution < -0.4 is 16.3 Å². The van der Waals surface area contributed by atoms with E-state index in [4.69, 9.17) is 34.8 Å². The van der Waals surface area contributed by atoms with Crippen LogP contribution in [0.4, 0.5) is 0 Å². The number of hydrogen-bond acceptors (Lipinski definition) is 5. The van der Waals surface area contributed by atoms with Crippen LogP contribution in [0.2, 0.25) is 0 Å². The molecule has 0 radical (unpaired) electrons. The summed E-state index contributed by atoms with van der Waals surface area (Å²) < 4.78 is 0. The molecule has 0 bridgehead atoms. The van der Waals surface area contributed by atoms with Crippen molar-refractivity contribution >= 4 is 57.8 Å². The lowest BCUT2D eigenvalue weighted by Gasteiger charge is -2.39. The number of aryl methyl sites for hydroxylation is 6. The predicted molar refractivity (Wildman–Crippen MR) is 262 cm³/mol. The van der Waals surface area contributed by atoms with Gasteiger partial charge >= 0.3 is 0 Å². The summed E-state index contributed by atoms with van der Waals surface area (Å²) in [5.41, 5.74) is 19.7. The molecular weight excluding hydrogens is 839 g/mol. The minimum atomic E-state index is -0.392. The summed E-state index contributed by atoms with van der Waals surface area (Å²) in [5.74, 6) is -0.507. The summed E-state index contributed by atoms with van der Waals surface area (Å²) in [6.07, 6.45) is 1.70. The normalized spacial score (nSPS) is 11.9. The van der Waals surface area contributed by atoms with Gasteiger partial charge in [-0.15, -0.1) is 23.2 Å². The molecule has 3 N–H and O–H groups in total. The zero-order valence-corrected chi connectivity index (χ0v) is 42.2. The van der Waals surface area contributed by atoms with Crippen molar-refractivity contribution in [3.05, 3.63) is 140 Å². The standard InChI is InChI=1S/C25H34N2O2.C16H26N2O.C9H9ClO.CH2Cl2/c1-9-22(25(6,7)8)27(24(29)20-14-16(2)13-17(3)15-20)26-23(28)21-12-10-11-18(4)19(21)5;1-7-14(16(4,5)6)17-18-15(19)13-10-8-9-11(2)12(13)3;1-6-3-7(2)5-8(4-6)9(10)11;2-1-3/h10-15,22H,9H2,1-8H3,(H,26,28);8-10,14,17H,7H2,1-6H3,(H,18,19);3-5H,1-2H3;1H2. The Balaban J connectivity index is 0.000000496. The summed E-state index contributed by atoms with van der Waals surface area (Å²) in [5, 5.41) is 1.34. The first kappa shape index (κ1) is 55.8. The lowest BCUT2D eigenvalue weighted by Crippen LogP contribution is -2.56. The van der Waals surface area contributed by atoms with Crippen LogP contribution in [0, 0.1) is 66.2 Å². The Morgan fingerprint density at radius 2 is 1.00 bits per heavy atom. The van der Waals surface area contributed by atoms with Gasteiger partial charge in [0.25, 0.3) is 23.0 Å². The average Bonchev–Trinajstić information content (AvgIpc) is 3.15. The minimum Gasteiger partial charge on any atom is -0.287 e. The first-order valence-corrected chi connectivity index (χ1v) is 22.5. The SMILES string of the molecule is CCC(N(NC(=O)c1cccc(C)c1C)C(=O)c1cc(C)cc(C)c1)C(C)(C)C.CCC(NNC(=O)c1cccc(C)c1C)C(C)(C)C.Cc1cc(C)cc(C(=O)Cl)c1.ClCCl. The Morgan fingerprint density at radius 1 is 0.597 bits per heavy atom. The van der Waals surface area contributed by atoms with Crippen LogP contribution in [0.5, 0.6) is 0 Å². The van der Waals surface area contributed by atoms with E-state index in [1.807, 2.05) is 117 Å². The van der Waals surface area contributed by atoms with Crippen molar-refractivity contribution in [3.63, 3.8) is 0 Å². The molecule has 0 aliphatic rings. The van der Waals surface area contributed by atoms with Gasteiger partial charge in [-0.1, -0.05) is 114 Å². The molecule has 0 heterocycles. The summed E-state index contributed by atoms with van der Waals surface area (Å²) in [4.78, 5) is 49.6. The fourth-order valence-electron chi connectivity index (χ4n) is 7.09. The smallest absolute Gasteiger partial charge is 0.272 e. The van der Waals surface area contributed by atoms with Crippen LogP contribution in [0.1, 0.15) is 154 Å². The van der Waals surface area contributed by atoms with E-state index in [2.05, 4.69) is 64.7 Å². The van der Waals surface area contributed by atoms with Crippen LogP contribution in [0.25, 0.3) is 0 Å². The second-order valence-electron chi connectivity index (χ2n) is 18.0. The number of nitrogens with one attached hydrogen (secondary N) is 3. The van der Waals surface area contributed by atoms with Gasteiger partial charge in [0.2, 0.25) is 0 Å². The number of nitrogens with zero attached hydrogens (tertiary/aromatic N) is 1. The van der Waals surface area contributed by atoms with Gasteiger partial charge in [0, 0.05) is 28.3 Å². The molecule has 4 aromatic rings. The number of hydrazine groups is 2. The summed E-state index contributed by atoms with van der Waals surface area (Å²) >= 11 is 14.8. The van der Waals surface area contributed by atoms with Crippen LogP contribution in [0.15, 0.2) is 72.8 Å². The highest BCUT2D eigenvalue weighted by Crippen LogP contribution is 2.28. The number of amides is 3. The molecule has 4 aromatic carbocycles. The molecule has 0 fully saturated rings. The molecule has 340 valence electrons. The third-order valence-corrected chi connectivity index (χ3v) is 10.8. The van der Waals surface area contributed by atoms with Crippen molar-refractivity contribution < 1.29 is 19.2 Å². The van der Waals surface area contributed by atoms with E-state index in [1.165, 1.54) is 5.01 Å². The Bertz CT molecular complexity index is 2080. The number of rotatable bonds is 9. The second kappa shape index (κ2) is 25.8. The largest absolute Gasteiger partial charge is 0.287 e. The Hall–Kier alpha value is -4.21. The van der Waals surface area contributed by atoms with E-state index < -0.39 is 5.24 Å². The maximum absolute atomic E-state index is 13.5. The molecule has 0 aliphatic carbocycles. The molecule has 8 nitrogen and oxygen atoms in total. The van der Waals surface area contributed by atoms with Crippen molar-refractivity contribution in [1.29, 1.82) is 0 Å². The van der Waals surface area contributed by atoms with E-state index in [-0.39, 0.29) is 46.0 Å². The zero-order chi connectivity index (χ0) is 47.7. The molecule has 11 heteroatoms. The highest BCUT2D eigenvalue weighted by Gasteiger charge is 2.34. The molecule has 62 heavy (non-hydrogen) atoms. The van der Waals surface area contributed by atoms with Gasteiger partial charge in [0.1, 0.15) is 0 Å².